The van der Waals surface area contributed by atoms with E-state index >= 15 is 0 Å². The molecule has 3 rings (SSSR count). The van der Waals surface area contributed by atoms with Gasteiger partial charge in [-0.2, -0.15) is 0 Å². The molecule has 0 aromatic heterocycles. The Hall–Kier alpha value is -2.49. The average molecular weight is 296 g/mol. The zero-order valence-electron chi connectivity index (χ0n) is 13.0. The van der Waals surface area contributed by atoms with Crippen molar-refractivity contribution in [3.8, 4) is 5.75 Å². The number of methoxy groups -OCH3 is 1. The number of carbonyl (C=O) groups is 1. The van der Waals surface area contributed by atoms with Crippen molar-refractivity contribution in [3.05, 3.63) is 54.1 Å². The molecule has 0 atom stereocenters. The molecule has 0 aliphatic carbocycles. The first kappa shape index (κ1) is 14.4. The number of anilines is 2. The van der Waals surface area contributed by atoms with Gasteiger partial charge in [0.1, 0.15) is 5.75 Å². The molecular weight excluding hydrogens is 276 g/mol. The molecule has 0 fully saturated rings. The van der Waals surface area contributed by atoms with Gasteiger partial charge in [-0.3, -0.25) is 4.79 Å². The fraction of sp³-hybridized carbons (Fsp3) is 0.278. The normalized spacial score (nSPS) is 13.7. The third-order valence-corrected chi connectivity index (χ3v) is 4.08. The molecule has 2 aromatic rings. The fourth-order valence-electron chi connectivity index (χ4n) is 2.87. The van der Waals surface area contributed by atoms with Crippen molar-refractivity contribution < 1.29 is 9.53 Å². The van der Waals surface area contributed by atoms with Gasteiger partial charge in [-0.1, -0.05) is 30.3 Å². The fourth-order valence-corrected chi connectivity index (χ4v) is 2.87. The standard InChI is InChI=1S/C18H20N2O2/c1-19-11-12-20(16-9-5-4-8-15(16)19)18(21)13-14-7-3-6-10-17(14)22-2/h3-10H,11-13H2,1-2H3. The second-order valence-electron chi connectivity index (χ2n) is 5.44. The van der Waals surface area contributed by atoms with E-state index in [1.54, 1.807) is 7.11 Å². The van der Waals surface area contributed by atoms with Gasteiger partial charge in [0.05, 0.1) is 24.9 Å². The van der Waals surface area contributed by atoms with E-state index in [0.29, 0.717) is 13.0 Å². The van der Waals surface area contributed by atoms with Crippen molar-refractivity contribution in [1.29, 1.82) is 0 Å². The quantitative estimate of drug-likeness (QED) is 0.873. The molecule has 0 saturated heterocycles. The van der Waals surface area contributed by atoms with E-state index in [1.807, 2.05) is 47.4 Å². The Kier molecular flexibility index (Phi) is 4.00. The molecule has 0 N–H and O–H groups in total. The van der Waals surface area contributed by atoms with Gasteiger partial charge in [-0.25, -0.2) is 0 Å². The van der Waals surface area contributed by atoms with E-state index < -0.39 is 0 Å². The maximum Gasteiger partial charge on any atom is 0.231 e. The summed E-state index contributed by atoms with van der Waals surface area (Å²) in [5.41, 5.74) is 3.00. The molecule has 4 nitrogen and oxygen atoms in total. The summed E-state index contributed by atoms with van der Waals surface area (Å²) in [6.45, 7) is 1.55. The van der Waals surface area contributed by atoms with Crippen LogP contribution in [0.15, 0.2) is 48.5 Å². The molecule has 4 heteroatoms. The first-order valence-electron chi connectivity index (χ1n) is 7.43. The van der Waals surface area contributed by atoms with Gasteiger partial charge in [-0.15, -0.1) is 0 Å². The van der Waals surface area contributed by atoms with Crippen LogP contribution in [0, 0.1) is 0 Å². The summed E-state index contributed by atoms with van der Waals surface area (Å²) < 4.78 is 5.34. The van der Waals surface area contributed by atoms with Gasteiger partial charge in [0.15, 0.2) is 0 Å². The number of benzene rings is 2. The highest BCUT2D eigenvalue weighted by Gasteiger charge is 2.25. The number of likely N-dealkylation sites (N-methyl/N-ethyl adjacent to an activating group) is 1. The highest BCUT2D eigenvalue weighted by molar-refractivity contribution is 5.99. The van der Waals surface area contributed by atoms with E-state index in [1.165, 1.54) is 0 Å². The van der Waals surface area contributed by atoms with E-state index in [9.17, 15) is 4.79 Å². The number of nitrogens with zero attached hydrogens (tertiary/aromatic N) is 2. The molecule has 22 heavy (non-hydrogen) atoms. The van der Waals surface area contributed by atoms with E-state index in [4.69, 9.17) is 4.74 Å². The second kappa shape index (κ2) is 6.10. The minimum absolute atomic E-state index is 0.102. The van der Waals surface area contributed by atoms with Gasteiger partial charge in [0, 0.05) is 25.7 Å². The predicted molar refractivity (Wildman–Crippen MR) is 88.8 cm³/mol. The van der Waals surface area contributed by atoms with E-state index in [0.717, 1.165) is 29.2 Å². The highest BCUT2D eigenvalue weighted by atomic mass is 16.5. The molecule has 0 spiro atoms. The van der Waals surface area contributed by atoms with Crippen LogP contribution >= 0.6 is 0 Å². The number of amides is 1. The molecule has 1 aliphatic heterocycles. The lowest BCUT2D eigenvalue weighted by atomic mass is 10.1. The van der Waals surface area contributed by atoms with Crippen LogP contribution < -0.4 is 14.5 Å². The molecule has 2 aromatic carbocycles. The van der Waals surface area contributed by atoms with Gasteiger partial charge >= 0.3 is 0 Å². The molecule has 1 heterocycles. The summed E-state index contributed by atoms with van der Waals surface area (Å²) in [4.78, 5) is 16.8. The van der Waals surface area contributed by atoms with Crippen LogP contribution in [0.4, 0.5) is 11.4 Å². The number of ether oxygens (including phenoxy) is 1. The summed E-state index contributed by atoms with van der Waals surface area (Å²) in [7, 11) is 3.69. The maximum atomic E-state index is 12.8. The summed E-state index contributed by atoms with van der Waals surface area (Å²) >= 11 is 0. The summed E-state index contributed by atoms with van der Waals surface area (Å²) in [6, 6.07) is 15.7. The molecule has 0 bridgehead atoms. The van der Waals surface area contributed by atoms with Crippen molar-refractivity contribution in [2.45, 2.75) is 6.42 Å². The molecule has 0 unspecified atom stereocenters. The third-order valence-electron chi connectivity index (χ3n) is 4.08. The highest BCUT2D eigenvalue weighted by Crippen LogP contribution is 2.32. The minimum atomic E-state index is 0.102. The second-order valence-corrected chi connectivity index (χ2v) is 5.44. The van der Waals surface area contributed by atoms with Crippen molar-refractivity contribution in [2.24, 2.45) is 0 Å². The van der Waals surface area contributed by atoms with Crippen LogP contribution in [0.5, 0.6) is 5.75 Å². The zero-order chi connectivity index (χ0) is 15.5. The number of hydrogen-bond acceptors (Lipinski definition) is 3. The molecule has 114 valence electrons. The smallest absolute Gasteiger partial charge is 0.231 e. The lowest BCUT2D eigenvalue weighted by molar-refractivity contribution is -0.118. The molecular formula is C18H20N2O2. The number of carbonyl (C=O) groups excluding carboxylic acids is 1. The Morgan fingerprint density at radius 1 is 1.05 bits per heavy atom. The van der Waals surface area contributed by atoms with Gasteiger partial charge in [-0.05, 0) is 18.2 Å². The summed E-state index contributed by atoms with van der Waals surface area (Å²) in [5.74, 6) is 0.864. The van der Waals surface area contributed by atoms with Gasteiger partial charge in [0.2, 0.25) is 5.91 Å². The topological polar surface area (TPSA) is 32.8 Å². The monoisotopic (exact) mass is 296 g/mol. The minimum Gasteiger partial charge on any atom is -0.496 e. The molecule has 0 saturated carbocycles. The van der Waals surface area contributed by atoms with Crippen LogP contribution in [-0.4, -0.2) is 33.2 Å². The Bertz CT molecular complexity index is 684. The summed E-state index contributed by atoms with van der Waals surface area (Å²) in [6.07, 6.45) is 0.349. The first-order valence-corrected chi connectivity index (χ1v) is 7.43. The number of fused-ring (bicyclic) bond motifs is 1. The first-order chi connectivity index (χ1) is 10.7. The zero-order valence-corrected chi connectivity index (χ0v) is 13.0. The number of hydrogen-bond donors (Lipinski definition) is 0. The molecule has 1 amide bonds. The van der Waals surface area contributed by atoms with Crippen LogP contribution in [0.1, 0.15) is 5.56 Å². The van der Waals surface area contributed by atoms with Crippen molar-refractivity contribution >= 4 is 17.3 Å². The van der Waals surface area contributed by atoms with E-state index in [-0.39, 0.29) is 5.91 Å². The largest absolute Gasteiger partial charge is 0.496 e. The van der Waals surface area contributed by atoms with Crippen LogP contribution in [0.3, 0.4) is 0 Å². The maximum absolute atomic E-state index is 12.8. The average Bonchev–Trinajstić information content (AvgIpc) is 2.56. The number of rotatable bonds is 3. The lowest BCUT2D eigenvalue weighted by Gasteiger charge is -2.35. The van der Waals surface area contributed by atoms with Crippen molar-refractivity contribution in [2.75, 3.05) is 37.0 Å². The lowest BCUT2D eigenvalue weighted by Crippen LogP contribution is -2.43. The van der Waals surface area contributed by atoms with Gasteiger partial charge < -0.3 is 14.5 Å². The van der Waals surface area contributed by atoms with Gasteiger partial charge in [0.25, 0.3) is 0 Å². The molecule has 0 radical (unpaired) electrons. The Labute approximate surface area is 130 Å². The van der Waals surface area contributed by atoms with Crippen molar-refractivity contribution in [1.82, 2.24) is 0 Å². The van der Waals surface area contributed by atoms with Crippen LogP contribution in [0.25, 0.3) is 0 Å². The predicted octanol–water partition coefficient (Wildman–Crippen LogP) is 2.72. The third kappa shape index (κ3) is 2.64. The van der Waals surface area contributed by atoms with E-state index in [2.05, 4.69) is 18.0 Å². The molecule has 1 aliphatic rings. The Morgan fingerprint density at radius 3 is 2.50 bits per heavy atom. The summed E-state index contributed by atoms with van der Waals surface area (Å²) in [5, 5.41) is 0. The Morgan fingerprint density at radius 2 is 1.73 bits per heavy atom. The van der Waals surface area contributed by atoms with Crippen LogP contribution in [-0.2, 0) is 11.2 Å². The number of para-hydroxylation sites is 3. The SMILES string of the molecule is COc1ccccc1CC(=O)N1CCN(C)c2ccccc21. The Balaban J connectivity index is 1.86. The van der Waals surface area contributed by atoms with Crippen molar-refractivity contribution in [3.63, 3.8) is 0 Å². The van der Waals surface area contributed by atoms with Crippen LogP contribution in [0.2, 0.25) is 0 Å².